The van der Waals surface area contributed by atoms with Gasteiger partial charge in [-0.3, -0.25) is 4.79 Å². The molecule has 0 atom stereocenters. The Labute approximate surface area is 124 Å². The Morgan fingerprint density at radius 2 is 1.52 bits per heavy atom. The molecule has 2 aromatic carbocycles. The first-order valence-electron chi connectivity index (χ1n) is 7.16. The van der Waals surface area contributed by atoms with Gasteiger partial charge in [-0.05, 0) is 38.1 Å². The summed E-state index contributed by atoms with van der Waals surface area (Å²) in [4.78, 5) is 11.5. The molecule has 3 heteroatoms. The van der Waals surface area contributed by atoms with Crippen molar-refractivity contribution in [2.75, 3.05) is 7.11 Å². The van der Waals surface area contributed by atoms with Crippen LogP contribution in [0.3, 0.4) is 0 Å². The fourth-order valence-electron chi connectivity index (χ4n) is 2.88. The molecule has 3 nitrogen and oxygen atoms in total. The van der Waals surface area contributed by atoms with Gasteiger partial charge in [0.05, 0.1) is 13.5 Å². The Balaban J connectivity index is 2.22. The van der Waals surface area contributed by atoms with Crippen molar-refractivity contribution in [1.82, 2.24) is 4.57 Å². The number of aryl methyl sites for hydroxylation is 3. The molecule has 1 aromatic heterocycles. The van der Waals surface area contributed by atoms with Crippen molar-refractivity contribution in [3.8, 4) is 0 Å². The third kappa shape index (κ3) is 2.40. The fourth-order valence-corrected chi connectivity index (χ4v) is 2.88. The lowest BCUT2D eigenvalue weighted by Gasteiger charge is -2.06. The number of benzene rings is 2. The van der Waals surface area contributed by atoms with Crippen LogP contribution in [0.25, 0.3) is 21.8 Å². The maximum absolute atomic E-state index is 11.5. The molecule has 0 saturated heterocycles. The van der Waals surface area contributed by atoms with Gasteiger partial charge < -0.3 is 9.30 Å². The molecule has 0 radical (unpaired) electrons. The summed E-state index contributed by atoms with van der Waals surface area (Å²) < 4.78 is 6.97. The van der Waals surface area contributed by atoms with Gasteiger partial charge in [-0.15, -0.1) is 0 Å². The monoisotopic (exact) mass is 281 g/mol. The van der Waals surface area contributed by atoms with E-state index < -0.39 is 0 Å². The SMILES string of the molecule is COC(=O)CCn1c2ccc(C)cc2c2cc(C)ccc21. The van der Waals surface area contributed by atoms with E-state index in [1.54, 1.807) is 0 Å². The van der Waals surface area contributed by atoms with Crippen LogP contribution < -0.4 is 0 Å². The molecule has 0 aliphatic heterocycles. The second-order valence-electron chi connectivity index (χ2n) is 5.52. The van der Waals surface area contributed by atoms with E-state index in [-0.39, 0.29) is 5.97 Å². The lowest BCUT2D eigenvalue weighted by Crippen LogP contribution is -2.06. The van der Waals surface area contributed by atoms with E-state index in [2.05, 4.69) is 54.8 Å². The van der Waals surface area contributed by atoms with Gasteiger partial charge in [0.15, 0.2) is 0 Å². The summed E-state index contributed by atoms with van der Waals surface area (Å²) in [5, 5.41) is 2.50. The summed E-state index contributed by atoms with van der Waals surface area (Å²) in [5.41, 5.74) is 4.84. The summed E-state index contributed by atoms with van der Waals surface area (Å²) in [7, 11) is 1.43. The number of hydrogen-bond donors (Lipinski definition) is 0. The van der Waals surface area contributed by atoms with E-state index in [0.29, 0.717) is 13.0 Å². The van der Waals surface area contributed by atoms with Crippen molar-refractivity contribution in [2.45, 2.75) is 26.8 Å². The molecule has 0 aliphatic rings. The first kappa shape index (κ1) is 13.7. The maximum Gasteiger partial charge on any atom is 0.307 e. The number of esters is 1. The number of hydrogen-bond acceptors (Lipinski definition) is 2. The Morgan fingerprint density at radius 1 is 1.00 bits per heavy atom. The standard InChI is InChI=1S/C18H19NO2/c1-12-4-6-16-14(10-12)15-11-13(2)5-7-17(15)19(16)9-8-18(20)21-3/h4-7,10-11H,8-9H2,1-3H3. The van der Waals surface area contributed by atoms with Crippen molar-refractivity contribution in [1.29, 1.82) is 0 Å². The van der Waals surface area contributed by atoms with Gasteiger partial charge in [0, 0.05) is 28.4 Å². The predicted octanol–water partition coefficient (Wildman–Crippen LogP) is 3.97. The Bertz CT molecular complexity index is 771. The summed E-state index contributed by atoms with van der Waals surface area (Å²) in [6.07, 6.45) is 0.386. The molecule has 21 heavy (non-hydrogen) atoms. The van der Waals surface area contributed by atoms with Crippen molar-refractivity contribution in [2.24, 2.45) is 0 Å². The van der Waals surface area contributed by atoms with Crippen LogP contribution in [0.15, 0.2) is 36.4 Å². The van der Waals surface area contributed by atoms with Crippen LogP contribution in [0.2, 0.25) is 0 Å². The topological polar surface area (TPSA) is 31.2 Å². The zero-order valence-corrected chi connectivity index (χ0v) is 12.6. The van der Waals surface area contributed by atoms with Crippen molar-refractivity contribution >= 4 is 27.8 Å². The van der Waals surface area contributed by atoms with Crippen LogP contribution in [0, 0.1) is 13.8 Å². The van der Waals surface area contributed by atoms with Gasteiger partial charge in [-0.2, -0.15) is 0 Å². The first-order chi connectivity index (χ1) is 10.1. The molecule has 108 valence electrons. The minimum absolute atomic E-state index is 0.177. The lowest BCUT2D eigenvalue weighted by atomic mass is 10.1. The fraction of sp³-hybridized carbons (Fsp3) is 0.278. The molecule has 0 spiro atoms. The highest BCUT2D eigenvalue weighted by Gasteiger charge is 2.12. The number of carbonyl (C=O) groups excluding carboxylic acids is 1. The normalized spacial score (nSPS) is 11.2. The third-order valence-corrected chi connectivity index (χ3v) is 3.94. The molecule has 0 amide bonds. The Kier molecular flexibility index (Phi) is 3.42. The quantitative estimate of drug-likeness (QED) is 0.680. The third-order valence-electron chi connectivity index (χ3n) is 3.94. The molecular formula is C18H19NO2. The van der Waals surface area contributed by atoms with Crippen LogP contribution in [0.4, 0.5) is 0 Å². The predicted molar refractivity (Wildman–Crippen MR) is 85.6 cm³/mol. The largest absolute Gasteiger partial charge is 0.469 e. The molecule has 3 aromatic rings. The Hall–Kier alpha value is -2.29. The zero-order valence-electron chi connectivity index (χ0n) is 12.6. The van der Waals surface area contributed by atoms with E-state index in [9.17, 15) is 4.79 Å². The van der Waals surface area contributed by atoms with E-state index in [4.69, 9.17) is 4.74 Å². The second-order valence-corrected chi connectivity index (χ2v) is 5.52. The number of aromatic nitrogens is 1. The van der Waals surface area contributed by atoms with Gasteiger partial charge in [-0.25, -0.2) is 0 Å². The molecule has 0 unspecified atom stereocenters. The molecule has 3 rings (SSSR count). The molecule has 0 saturated carbocycles. The number of nitrogens with zero attached hydrogens (tertiary/aromatic N) is 1. The highest BCUT2D eigenvalue weighted by molar-refractivity contribution is 6.08. The van der Waals surface area contributed by atoms with E-state index in [1.807, 2.05) is 0 Å². The van der Waals surface area contributed by atoms with Gasteiger partial charge >= 0.3 is 5.97 Å². The van der Waals surface area contributed by atoms with Crippen LogP contribution in [0.1, 0.15) is 17.5 Å². The molecular weight excluding hydrogens is 262 g/mol. The van der Waals surface area contributed by atoms with Crippen molar-refractivity contribution < 1.29 is 9.53 Å². The van der Waals surface area contributed by atoms with Crippen LogP contribution in [-0.4, -0.2) is 17.6 Å². The van der Waals surface area contributed by atoms with Crippen LogP contribution in [-0.2, 0) is 16.1 Å². The summed E-state index contributed by atoms with van der Waals surface area (Å²) in [6.45, 7) is 4.85. The summed E-state index contributed by atoms with van der Waals surface area (Å²) in [5.74, 6) is -0.177. The van der Waals surface area contributed by atoms with E-state index in [0.717, 1.165) is 0 Å². The highest BCUT2D eigenvalue weighted by Crippen LogP contribution is 2.30. The number of rotatable bonds is 3. The molecule has 0 N–H and O–H groups in total. The number of methoxy groups -OCH3 is 1. The van der Waals surface area contributed by atoms with Gasteiger partial charge in [0.25, 0.3) is 0 Å². The van der Waals surface area contributed by atoms with Crippen molar-refractivity contribution in [3.05, 3.63) is 47.5 Å². The second kappa shape index (κ2) is 5.24. The smallest absolute Gasteiger partial charge is 0.307 e. The van der Waals surface area contributed by atoms with Crippen molar-refractivity contribution in [3.63, 3.8) is 0 Å². The minimum Gasteiger partial charge on any atom is -0.469 e. The summed E-state index contributed by atoms with van der Waals surface area (Å²) in [6, 6.07) is 12.9. The number of carbonyl (C=O) groups is 1. The average Bonchev–Trinajstić information content (AvgIpc) is 2.77. The van der Waals surface area contributed by atoms with E-state index >= 15 is 0 Å². The Morgan fingerprint density at radius 3 is 2.00 bits per heavy atom. The zero-order chi connectivity index (χ0) is 15.0. The molecule has 0 bridgehead atoms. The maximum atomic E-state index is 11.5. The van der Waals surface area contributed by atoms with Gasteiger partial charge in [-0.1, -0.05) is 23.3 Å². The lowest BCUT2D eigenvalue weighted by molar-refractivity contribution is -0.140. The average molecular weight is 281 g/mol. The minimum atomic E-state index is -0.177. The highest BCUT2D eigenvalue weighted by atomic mass is 16.5. The molecule has 1 heterocycles. The van der Waals surface area contributed by atoms with E-state index in [1.165, 1.54) is 40.0 Å². The summed E-state index contributed by atoms with van der Waals surface area (Å²) >= 11 is 0. The molecule has 0 fully saturated rings. The van der Waals surface area contributed by atoms with Crippen LogP contribution >= 0.6 is 0 Å². The molecule has 0 aliphatic carbocycles. The number of ether oxygens (including phenoxy) is 1. The first-order valence-corrected chi connectivity index (χ1v) is 7.16. The van der Waals surface area contributed by atoms with Gasteiger partial charge in [0.2, 0.25) is 0 Å². The van der Waals surface area contributed by atoms with Crippen LogP contribution in [0.5, 0.6) is 0 Å². The van der Waals surface area contributed by atoms with Gasteiger partial charge in [0.1, 0.15) is 0 Å². The number of fused-ring (bicyclic) bond motifs is 3.